The fraction of sp³-hybridized carbons (Fsp3) is 0.182. The van der Waals surface area contributed by atoms with Crippen LogP contribution in [0.15, 0.2) is 36.4 Å². The lowest BCUT2D eigenvalue weighted by Crippen LogP contribution is -2.28. The first-order valence-corrected chi connectivity index (χ1v) is 4.30. The molecule has 82 valence electrons. The van der Waals surface area contributed by atoms with Gasteiger partial charge in [-0.25, -0.2) is 0 Å². The minimum Gasteiger partial charge on any atom is -0.468 e. The molecule has 0 saturated carbocycles. The highest BCUT2D eigenvalue weighted by Crippen LogP contribution is 2.01. The number of ether oxygens (including phenoxy) is 1. The lowest BCUT2D eigenvalue weighted by molar-refractivity contribution is -0.140. The van der Waals surface area contributed by atoms with Gasteiger partial charge in [-0.3, -0.25) is 4.79 Å². The Hall–Kier alpha value is -1.32. The largest absolute Gasteiger partial charge is 0.468 e. The maximum absolute atomic E-state index is 10.9. The van der Waals surface area contributed by atoms with Crippen LogP contribution < -0.4 is 5.73 Å². The summed E-state index contributed by atoms with van der Waals surface area (Å²) in [4.78, 5) is 10.9. The fourth-order valence-corrected chi connectivity index (χ4v) is 0.994. The first-order chi connectivity index (χ1) is 6.74. The van der Waals surface area contributed by atoms with Gasteiger partial charge in [0.2, 0.25) is 0 Å². The van der Waals surface area contributed by atoms with Gasteiger partial charge in [0.05, 0.1) is 7.11 Å². The molecule has 1 rings (SSSR count). The van der Waals surface area contributed by atoms with Crippen molar-refractivity contribution in [2.24, 2.45) is 5.73 Å². The van der Waals surface area contributed by atoms with Crippen LogP contribution in [0.5, 0.6) is 0 Å². The third-order valence-electron chi connectivity index (χ3n) is 1.77. The molecule has 1 atom stereocenters. The topological polar surface area (TPSA) is 52.3 Å². The zero-order chi connectivity index (χ0) is 10.4. The molecular formula is C11H14ClNO2. The summed E-state index contributed by atoms with van der Waals surface area (Å²) in [5, 5.41) is 0. The van der Waals surface area contributed by atoms with E-state index in [-0.39, 0.29) is 12.4 Å². The van der Waals surface area contributed by atoms with Gasteiger partial charge in [0.1, 0.15) is 6.04 Å². The molecule has 1 aromatic rings. The van der Waals surface area contributed by atoms with E-state index in [1.54, 1.807) is 12.2 Å². The maximum Gasteiger partial charge on any atom is 0.326 e. The third kappa shape index (κ3) is 4.63. The molecule has 0 unspecified atom stereocenters. The average Bonchev–Trinajstić information content (AvgIpc) is 2.26. The minimum absolute atomic E-state index is 0. The van der Waals surface area contributed by atoms with Crippen LogP contribution >= 0.6 is 12.4 Å². The molecule has 0 spiro atoms. The van der Waals surface area contributed by atoms with Crippen LogP contribution in [0.25, 0.3) is 6.08 Å². The van der Waals surface area contributed by atoms with Crippen LogP contribution in [0.3, 0.4) is 0 Å². The molecule has 4 heteroatoms. The van der Waals surface area contributed by atoms with E-state index in [0.29, 0.717) is 0 Å². The maximum atomic E-state index is 10.9. The Kier molecular flexibility index (Phi) is 6.42. The number of hydrogen-bond acceptors (Lipinski definition) is 3. The van der Waals surface area contributed by atoms with Crippen molar-refractivity contribution in [1.29, 1.82) is 0 Å². The number of esters is 1. The Morgan fingerprint density at radius 1 is 1.40 bits per heavy atom. The van der Waals surface area contributed by atoms with Crippen LogP contribution in [0.2, 0.25) is 0 Å². The first kappa shape index (κ1) is 13.7. The number of halogens is 1. The van der Waals surface area contributed by atoms with E-state index >= 15 is 0 Å². The molecule has 15 heavy (non-hydrogen) atoms. The molecule has 0 saturated heterocycles. The highest BCUT2D eigenvalue weighted by Gasteiger charge is 2.08. The molecule has 3 nitrogen and oxygen atoms in total. The van der Waals surface area contributed by atoms with E-state index in [0.717, 1.165) is 5.56 Å². The molecule has 0 aliphatic carbocycles. The van der Waals surface area contributed by atoms with Gasteiger partial charge in [-0.15, -0.1) is 12.4 Å². The van der Waals surface area contributed by atoms with E-state index in [9.17, 15) is 4.79 Å². The van der Waals surface area contributed by atoms with E-state index < -0.39 is 12.0 Å². The number of benzene rings is 1. The molecule has 0 aliphatic heterocycles. The normalized spacial score (nSPS) is 11.9. The van der Waals surface area contributed by atoms with Crippen molar-refractivity contribution in [2.75, 3.05) is 7.11 Å². The molecule has 0 heterocycles. The van der Waals surface area contributed by atoms with Crippen LogP contribution in [0, 0.1) is 0 Å². The number of carbonyl (C=O) groups is 1. The average molecular weight is 228 g/mol. The van der Waals surface area contributed by atoms with Crippen LogP contribution in [0.1, 0.15) is 5.56 Å². The summed E-state index contributed by atoms with van der Waals surface area (Å²) in [5.74, 6) is -0.433. The van der Waals surface area contributed by atoms with E-state index in [4.69, 9.17) is 5.73 Å². The molecule has 0 aliphatic rings. The highest BCUT2D eigenvalue weighted by molar-refractivity contribution is 5.85. The summed E-state index contributed by atoms with van der Waals surface area (Å²) in [6, 6.07) is 8.94. The lowest BCUT2D eigenvalue weighted by atomic mass is 10.2. The van der Waals surface area contributed by atoms with Gasteiger partial charge in [-0.2, -0.15) is 0 Å². The van der Waals surface area contributed by atoms with Crippen molar-refractivity contribution < 1.29 is 9.53 Å². The minimum atomic E-state index is -0.694. The van der Waals surface area contributed by atoms with E-state index in [2.05, 4.69) is 4.74 Å². The monoisotopic (exact) mass is 227 g/mol. The molecular weight excluding hydrogens is 214 g/mol. The molecule has 1 aromatic carbocycles. The molecule has 0 amide bonds. The third-order valence-corrected chi connectivity index (χ3v) is 1.77. The van der Waals surface area contributed by atoms with Crippen LogP contribution in [-0.2, 0) is 9.53 Å². The summed E-state index contributed by atoms with van der Waals surface area (Å²) >= 11 is 0. The number of carbonyl (C=O) groups excluding carboxylic acids is 1. The van der Waals surface area contributed by atoms with Gasteiger partial charge in [0.25, 0.3) is 0 Å². The van der Waals surface area contributed by atoms with Crippen molar-refractivity contribution in [3.63, 3.8) is 0 Å². The molecule has 2 N–H and O–H groups in total. The Balaban J connectivity index is 0.00000196. The van der Waals surface area contributed by atoms with Gasteiger partial charge >= 0.3 is 5.97 Å². The smallest absolute Gasteiger partial charge is 0.326 e. The Morgan fingerprint density at radius 3 is 2.53 bits per heavy atom. The predicted octanol–water partition coefficient (Wildman–Crippen LogP) is 1.62. The van der Waals surface area contributed by atoms with Gasteiger partial charge in [0.15, 0.2) is 0 Å². The van der Waals surface area contributed by atoms with Crippen molar-refractivity contribution in [3.05, 3.63) is 42.0 Å². The van der Waals surface area contributed by atoms with Crippen LogP contribution in [0.4, 0.5) is 0 Å². The van der Waals surface area contributed by atoms with Gasteiger partial charge < -0.3 is 10.5 Å². The standard InChI is InChI=1S/C11H13NO2.ClH/c1-14-11(13)10(12)8-7-9-5-3-2-4-6-9;/h2-8,10H,12H2,1H3;1H/b8-7+;/t10-;/m0./s1. The summed E-state index contributed by atoms with van der Waals surface area (Å²) < 4.78 is 4.49. The Morgan fingerprint density at radius 2 is 2.00 bits per heavy atom. The number of methoxy groups -OCH3 is 1. The lowest BCUT2D eigenvalue weighted by Gasteiger charge is -2.02. The summed E-state index contributed by atoms with van der Waals surface area (Å²) in [6.07, 6.45) is 3.41. The van der Waals surface area contributed by atoms with Gasteiger partial charge in [-0.1, -0.05) is 42.5 Å². The second kappa shape index (κ2) is 7.04. The van der Waals surface area contributed by atoms with Gasteiger partial charge in [0, 0.05) is 0 Å². The van der Waals surface area contributed by atoms with E-state index in [1.807, 2.05) is 30.3 Å². The molecule has 0 aromatic heterocycles. The molecule has 0 radical (unpaired) electrons. The summed E-state index contributed by atoms with van der Waals surface area (Å²) in [7, 11) is 1.32. The zero-order valence-corrected chi connectivity index (χ0v) is 9.24. The summed E-state index contributed by atoms with van der Waals surface area (Å²) in [5.41, 5.74) is 6.52. The van der Waals surface area contributed by atoms with Crippen molar-refractivity contribution in [3.8, 4) is 0 Å². The second-order valence-electron chi connectivity index (χ2n) is 2.82. The Bertz CT molecular complexity index is 325. The molecule has 0 fully saturated rings. The van der Waals surface area contributed by atoms with Gasteiger partial charge in [-0.05, 0) is 5.56 Å². The fourth-order valence-electron chi connectivity index (χ4n) is 0.994. The highest BCUT2D eigenvalue weighted by atomic mass is 35.5. The number of hydrogen-bond donors (Lipinski definition) is 1. The SMILES string of the molecule is COC(=O)[C@@H](N)/C=C/c1ccccc1.Cl. The van der Waals surface area contributed by atoms with Crippen molar-refractivity contribution in [1.82, 2.24) is 0 Å². The molecule has 0 bridgehead atoms. The zero-order valence-electron chi connectivity index (χ0n) is 8.42. The second-order valence-corrected chi connectivity index (χ2v) is 2.82. The number of rotatable bonds is 3. The number of nitrogens with two attached hydrogens (primary N) is 1. The van der Waals surface area contributed by atoms with Crippen molar-refractivity contribution >= 4 is 24.5 Å². The van der Waals surface area contributed by atoms with Crippen LogP contribution in [-0.4, -0.2) is 19.1 Å². The predicted molar refractivity (Wildman–Crippen MR) is 62.7 cm³/mol. The quantitative estimate of drug-likeness (QED) is 0.799. The summed E-state index contributed by atoms with van der Waals surface area (Å²) in [6.45, 7) is 0. The Labute approximate surface area is 95.3 Å². The van der Waals surface area contributed by atoms with E-state index in [1.165, 1.54) is 7.11 Å². The van der Waals surface area contributed by atoms with Crippen molar-refractivity contribution in [2.45, 2.75) is 6.04 Å². The first-order valence-electron chi connectivity index (χ1n) is 4.30.